The van der Waals surface area contributed by atoms with Crippen LogP contribution in [0.25, 0.3) is 0 Å². The van der Waals surface area contributed by atoms with Crippen LogP contribution in [0.5, 0.6) is 17.2 Å². The van der Waals surface area contributed by atoms with Gasteiger partial charge in [0.2, 0.25) is 0 Å². The third kappa shape index (κ3) is 9.01. The molecule has 0 spiro atoms. The summed E-state index contributed by atoms with van der Waals surface area (Å²) in [6.45, 7) is 35.6. The van der Waals surface area contributed by atoms with Crippen molar-refractivity contribution in [2.45, 2.75) is 138 Å². The summed E-state index contributed by atoms with van der Waals surface area (Å²) in [4.78, 5) is 0. The molecule has 43 heavy (non-hydrogen) atoms. The van der Waals surface area contributed by atoms with Gasteiger partial charge < -0.3 is 13.6 Å². The van der Waals surface area contributed by atoms with Crippen molar-refractivity contribution in [2.24, 2.45) is 0 Å². The first kappa shape index (κ1) is 35.0. The average Bonchev–Trinajstić information content (AvgIpc) is 2.81. The predicted octanol–water partition coefficient (Wildman–Crippen LogP) is 12.2. The fourth-order valence-electron chi connectivity index (χ4n) is 4.95. The van der Waals surface area contributed by atoms with Crippen LogP contribution in [0.2, 0.25) is 0 Å². The van der Waals surface area contributed by atoms with E-state index in [4.69, 9.17) is 13.6 Å². The predicted molar refractivity (Wildman–Crippen MR) is 186 cm³/mol. The Balaban J connectivity index is 2.20. The van der Waals surface area contributed by atoms with E-state index in [0.29, 0.717) is 0 Å². The van der Waals surface area contributed by atoms with Crippen molar-refractivity contribution in [2.75, 3.05) is 0 Å². The number of hydrogen-bond acceptors (Lipinski definition) is 3. The molecular weight excluding hydrogens is 547 g/mol. The molecule has 0 unspecified atom stereocenters. The molecule has 3 nitrogen and oxygen atoms in total. The molecule has 3 aromatic rings. The van der Waals surface area contributed by atoms with Crippen LogP contribution in [0.3, 0.4) is 0 Å². The van der Waals surface area contributed by atoms with Crippen LogP contribution in [-0.4, -0.2) is 0 Å². The molecule has 0 radical (unpaired) electrons. The van der Waals surface area contributed by atoms with E-state index < -0.39 is 8.60 Å². The minimum atomic E-state index is -1.87. The van der Waals surface area contributed by atoms with Gasteiger partial charge in [-0.05, 0) is 68.9 Å². The molecule has 0 aliphatic heterocycles. The molecule has 0 aliphatic carbocycles. The summed E-state index contributed by atoms with van der Waals surface area (Å²) in [6.07, 6.45) is 0. The molecule has 0 bridgehead atoms. The van der Waals surface area contributed by atoms with Gasteiger partial charge in [-0.25, -0.2) is 0 Å². The van der Waals surface area contributed by atoms with Crippen molar-refractivity contribution in [3.63, 3.8) is 0 Å². The van der Waals surface area contributed by atoms with Crippen LogP contribution < -0.4 is 13.6 Å². The first-order chi connectivity index (χ1) is 19.4. The van der Waals surface area contributed by atoms with Crippen LogP contribution >= 0.6 is 8.60 Å². The van der Waals surface area contributed by atoms with Crippen molar-refractivity contribution in [1.29, 1.82) is 0 Å². The van der Waals surface area contributed by atoms with Crippen molar-refractivity contribution >= 4 is 8.60 Å². The Morgan fingerprint density at radius 3 is 1.12 bits per heavy atom. The van der Waals surface area contributed by atoms with Gasteiger partial charge in [0, 0.05) is 16.7 Å². The second-order valence-corrected chi connectivity index (χ2v) is 18.2. The number of aryl methyl sites for hydroxylation is 1. The quantitative estimate of drug-likeness (QED) is 0.262. The lowest BCUT2D eigenvalue weighted by Crippen LogP contribution is -2.19. The monoisotopic (exact) mass is 604 g/mol. The summed E-state index contributed by atoms with van der Waals surface area (Å²) in [5.41, 5.74) is 6.74. The standard InChI is InChI=1S/C39H57O3P/c1-26-17-20-29(37(8,9)10)34(23-26)42-43(40-32-21-18-27(35(2,3)4)24-30(32)38(11,12)13)41-33-22-19-28(36(5,6)7)25-31(33)39(14,15)16/h17-25H,1-16H3. The van der Waals surface area contributed by atoms with Gasteiger partial charge in [0.05, 0.1) is 0 Å². The second-order valence-electron chi connectivity index (χ2n) is 17.2. The van der Waals surface area contributed by atoms with E-state index in [1.165, 1.54) is 11.1 Å². The summed E-state index contributed by atoms with van der Waals surface area (Å²) in [6, 6.07) is 19.5. The minimum Gasteiger partial charge on any atom is -0.408 e. The zero-order chi connectivity index (χ0) is 32.8. The molecular formula is C39H57O3P. The van der Waals surface area contributed by atoms with E-state index in [0.717, 1.165) is 39.5 Å². The molecule has 3 aromatic carbocycles. The Morgan fingerprint density at radius 2 is 0.767 bits per heavy atom. The van der Waals surface area contributed by atoms with Gasteiger partial charge in [-0.3, -0.25) is 0 Å². The fraction of sp³-hybridized carbons (Fsp3) is 0.538. The molecule has 0 aromatic heterocycles. The van der Waals surface area contributed by atoms with Crippen molar-refractivity contribution < 1.29 is 13.6 Å². The van der Waals surface area contributed by atoms with E-state index in [2.05, 4.69) is 165 Å². The highest BCUT2D eigenvalue weighted by Crippen LogP contribution is 2.50. The Labute approximate surface area is 264 Å². The molecule has 0 fully saturated rings. The minimum absolute atomic E-state index is 0.0237. The summed E-state index contributed by atoms with van der Waals surface area (Å²) in [5, 5.41) is 0. The molecule has 0 N–H and O–H groups in total. The second kappa shape index (κ2) is 12.1. The van der Waals surface area contributed by atoms with Gasteiger partial charge >= 0.3 is 8.60 Å². The van der Waals surface area contributed by atoms with E-state index in [9.17, 15) is 0 Å². The Bertz CT molecular complexity index is 1340. The highest BCUT2D eigenvalue weighted by molar-refractivity contribution is 7.43. The van der Waals surface area contributed by atoms with E-state index in [-0.39, 0.29) is 27.1 Å². The SMILES string of the molecule is Cc1ccc(C(C)(C)C)c(OP(Oc2ccc(C(C)(C)C)cc2C(C)(C)C)Oc2ccc(C(C)(C)C)cc2C(C)(C)C)c1. The maximum Gasteiger partial charge on any atom is 0.530 e. The smallest absolute Gasteiger partial charge is 0.408 e. The molecule has 3 rings (SSSR count). The lowest BCUT2D eigenvalue weighted by atomic mass is 9.80. The molecule has 236 valence electrons. The molecule has 0 atom stereocenters. The summed E-state index contributed by atoms with van der Waals surface area (Å²) in [7, 11) is -1.87. The van der Waals surface area contributed by atoms with Crippen LogP contribution in [0, 0.1) is 6.92 Å². The molecule has 0 aliphatic rings. The van der Waals surface area contributed by atoms with Gasteiger partial charge in [-0.15, -0.1) is 0 Å². The van der Waals surface area contributed by atoms with Crippen LogP contribution in [0.15, 0.2) is 54.6 Å². The molecule has 0 amide bonds. The third-order valence-electron chi connectivity index (χ3n) is 7.77. The summed E-state index contributed by atoms with van der Waals surface area (Å²) < 4.78 is 20.5. The Morgan fingerprint density at radius 1 is 0.395 bits per heavy atom. The molecule has 0 saturated heterocycles. The highest BCUT2D eigenvalue weighted by atomic mass is 31.2. The van der Waals surface area contributed by atoms with Gasteiger partial charge in [-0.1, -0.05) is 140 Å². The third-order valence-corrected chi connectivity index (χ3v) is 8.81. The highest BCUT2D eigenvalue weighted by Gasteiger charge is 2.32. The first-order valence-electron chi connectivity index (χ1n) is 15.6. The Kier molecular flexibility index (Phi) is 9.85. The van der Waals surface area contributed by atoms with Crippen LogP contribution in [-0.2, 0) is 27.1 Å². The zero-order valence-electron chi connectivity index (χ0n) is 29.9. The van der Waals surface area contributed by atoms with Gasteiger partial charge in [0.25, 0.3) is 0 Å². The molecule has 0 saturated carbocycles. The van der Waals surface area contributed by atoms with Crippen LogP contribution in [0.1, 0.15) is 137 Å². The van der Waals surface area contributed by atoms with Crippen molar-refractivity contribution in [1.82, 2.24) is 0 Å². The zero-order valence-corrected chi connectivity index (χ0v) is 30.8. The average molecular weight is 605 g/mol. The van der Waals surface area contributed by atoms with E-state index >= 15 is 0 Å². The Hall–Kier alpha value is -2.51. The first-order valence-corrected chi connectivity index (χ1v) is 16.7. The van der Waals surface area contributed by atoms with Crippen molar-refractivity contribution in [3.05, 3.63) is 88.0 Å². The fourth-order valence-corrected chi connectivity index (χ4v) is 6.01. The maximum absolute atomic E-state index is 6.84. The summed E-state index contributed by atoms with van der Waals surface area (Å²) in [5.74, 6) is 2.38. The lowest BCUT2D eigenvalue weighted by molar-refractivity contribution is 0.372. The summed E-state index contributed by atoms with van der Waals surface area (Å²) >= 11 is 0. The largest absolute Gasteiger partial charge is 0.530 e. The number of hydrogen-bond donors (Lipinski definition) is 0. The maximum atomic E-state index is 6.84. The topological polar surface area (TPSA) is 27.7 Å². The molecule has 0 heterocycles. The van der Waals surface area contributed by atoms with Gasteiger partial charge in [-0.2, -0.15) is 0 Å². The van der Waals surface area contributed by atoms with Crippen molar-refractivity contribution in [3.8, 4) is 17.2 Å². The van der Waals surface area contributed by atoms with E-state index in [1.807, 2.05) is 0 Å². The number of rotatable bonds is 6. The van der Waals surface area contributed by atoms with Crippen LogP contribution in [0.4, 0.5) is 0 Å². The lowest BCUT2D eigenvalue weighted by Gasteiger charge is -2.30. The number of benzene rings is 3. The van der Waals surface area contributed by atoms with E-state index in [1.54, 1.807) is 0 Å². The van der Waals surface area contributed by atoms with Gasteiger partial charge in [0.1, 0.15) is 17.2 Å². The molecule has 4 heteroatoms. The van der Waals surface area contributed by atoms with Gasteiger partial charge in [0.15, 0.2) is 0 Å². The normalized spacial score (nSPS) is 13.3.